The fourth-order valence-electron chi connectivity index (χ4n) is 2.28. The normalized spacial score (nSPS) is 19.3. The second-order valence-electron chi connectivity index (χ2n) is 4.59. The summed E-state index contributed by atoms with van der Waals surface area (Å²) in [5.41, 5.74) is 3.11. The summed E-state index contributed by atoms with van der Waals surface area (Å²) in [5, 5.41) is 16.8. The Balaban J connectivity index is 1.86. The zero-order valence-electron chi connectivity index (χ0n) is 10.3. The summed E-state index contributed by atoms with van der Waals surface area (Å²) in [5.74, 6) is -0.859. The molecule has 0 saturated carbocycles. The first-order chi connectivity index (χ1) is 9.15. The summed E-state index contributed by atoms with van der Waals surface area (Å²) < 4.78 is 4.64. The van der Waals surface area contributed by atoms with Crippen molar-refractivity contribution in [3.63, 3.8) is 0 Å². The number of fused-ring (bicyclic) bond motifs is 1. The molecule has 3 rings (SSSR count). The van der Waals surface area contributed by atoms with Gasteiger partial charge in [0.15, 0.2) is 0 Å². The number of hydrogen-bond acceptors (Lipinski definition) is 6. The van der Waals surface area contributed by atoms with Gasteiger partial charge in [-0.25, -0.2) is 9.61 Å². The van der Waals surface area contributed by atoms with Gasteiger partial charge in [-0.05, 0) is 6.92 Å². The number of aromatic nitrogens is 4. The highest BCUT2D eigenvalue weighted by Crippen LogP contribution is 2.22. The van der Waals surface area contributed by atoms with E-state index < -0.39 is 12.0 Å². The van der Waals surface area contributed by atoms with Crippen molar-refractivity contribution in [2.45, 2.75) is 32.5 Å². The van der Waals surface area contributed by atoms with Crippen LogP contribution in [0.2, 0.25) is 0 Å². The van der Waals surface area contributed by atoms with E-state index in [2.05, 4.69) is 24.9 Å². The summed E-state index contributed by atoms with van der Waals surface area (Å²) >= 11 is 0. The quantitative estimate of drug-likeness (QED) is 0.809. The molecule has 0 saturated heterocycles. The molecule has 1 aliphatic rings. The number of aliphatic carboxylic acids is 1. The van der Waals surface area contributed by atoms with Crippen molar-refractivity contribution < 1.29 is 14.5 Å². The maximum Gasteiger partial charge on any atom is 0.321 e. The average Bonchev–Trinajstić information content (AvgIpc) is 2.97. The van der Waals surface area contributed by atoms with Crippen molar-refractivity contribution in [2.24, 2.45) is 0 Å². The molecule has 0 spiro atoms. The number of carboxylic acids is 1. The molecule has 2 N–H and O–H groups in total. The van der Waals surface area contributed by atoms with Crippen LogP contribution in [0.3, 0.4) is 0 Å². The maximum absolute atomic E-state index is 11.4. The van der Waals surface area contributed by atoms with E-state index in [4.69, 9.17) is 0 Å². The molecular formula is C11H13N5O3. The SMILES string of the molecule is Cc1nonc1CN1Cc2[nH]cnc2C[C@H]1C(=O)O. The number of nitrogens with one attached hydrogen (secondary N) is 1. The Morgan fingerprint density at radius 1 is 1.63 bits per heavy atom. The Bertz CT molecular complexity index is 605. The topological polar surface area (TPSA) is 108 Å². The Morgan fingerprint density at radius 3 is 3.16 bits per heavy atom. The van der Waals surface area contributed by atoms with E-state index in [0.29, 0.717) is 30.9 Å². The van der Waals surface area contributed by atoms with Crippen LogP contribution < -0.4 is 0 Å². The van der Waals surface area contributed by atoms with Crippen LogP contribution in [0.25, 0.3) is 0 Å². The van der Waals surface area contributed by atoms with Crippen LogP contribution in [0.15, 0.2) is 11.0 Å². The van der Waals surface area contributed by atoms with Crippen LogP contribution in [-0.4, -0.2) is 42.3 Å². The number of nitrogens with zero attached hydrogens (tertiary/aromatic N) is 4. The van der Waals surface area contributed by atoms with Crippen LogP contribution in [0.4, 0.5) is 0 Å². The summed E-state index contributed by atoms with van der Waals surface area (Å²) in [4.78, 5) is 20.4. The third kappa shape index (κ3) is 2.10. The lowest BCUT2D eigenvalue weighted by atomic mass is 10.0. The molecule has 100 valence electrons. The molecule has 2 aromatic heterocycles. The largest absolute Gasteiger partial charge is 0.480 e. The van der Waals surface area contributed by atoms with E-state index in [1.54, 1.807) is 13.3 Å². The van der Waals surface area contributed by atoms with Crippen LogP contribution in [0.5, 0.6) is 0 Å². The smallest absolute Gasteiger partial charge is 0.321 e. The van der Waals surface area contributed by atoms with Crippen molar-refractivity contribution in [1.82, 2.24) is 25.2 Å². The van der Waals surface area contributed by atoms with Crippen LogP contribution in [0, 0.1) is 6.92 Å². The third-order valence-electron chi connectivity index (χ3n) is 3.38. The van der Waals surface area contributed by atoms with Gasteiger partial charge >= 0.3 is 5.97 Å². The predicted octanol–water partition coefficient (Wildman–Crippen LogP) is 0.113. The second-order valence-corrected chi connectivity index (χ2v) is 4.59. The van der Waals surface area contributed by atoms with Gasteiger partial charge in [0.05, 0.1) is 17.7 Å². The summed E-state index contributed by atoms with van der Waals surface area (Å²) in [6.45, 7) is 2.68. The highest BCUT2D eigenvalue weighted by atomic mass is 16.6. The highest BCUT2D eigenvalue weighted by molar-refractivity contribution is 5.74. The maximum atomic E-state index is 11.4. The van der Waals surface area contributed by atoms with E-state index >= 15 is 0 Å². The number of aromatic amines is 1. The highest BCUT2D eigenvalue weighted by Gasteiger charge is 2.33. The van der Waals surface area contributed by atoms with Crippen molar-refractivity contribution in [1.29, 1.82) is 0 Å². The molecule has 0 fully saturated rings. The number of carboxylic acid groups (broad SMARTS) is 1. The lowest BCUT2D eigenvalue weighted by Crippen LogP contribution is -2.45. The van der Waals surface area contributed by atoms with Gasteiger partial charge in [0, 0.05) is 19.5 Å². The molecule has 0 unspecified atom stereocenters. The lowest BCUT2D eigenvalue weighted by molar-refractivity contribution is -0.144. The first kappa shape index (κ1) is 11.8. The molecule has 0 aromatic carbocycles. The molecule has 1 aliphatic heterocycles. The molecular weight excluding hydrogens is 250 g/mol. The van der Waals surface area contributed by atoms with E-state index in [0.717, 1.165) is 11.4 Å². The molecule has 3 heterocycles. The number of aryl methyl sites for hydroxylation is 1. The molecule has 0 amide bonds. The molecule has 8 nitrogen and oxygen atoms in total. The van der Waals surface area contributed by atoms with Crippen molar-refractivity contribution in [2.75, 3.05) is 0 Å². The van der Waals surface area contributed by atoms with Gasteiger partial charge in [0.2, 0.25) is 0 Å². The first-order valence-corrected chi connectivity index (χ1v) is 5.91. The average molecular weight is 263 g/mol. The van der Waals surface area contributed by atoms with E-state index in [1.807, 2.05) is 4.90 Å². The summed E-state index contributed by atoms with van der Waals surface area (Å²) in [6, 6.07) is -0.605. The number of hydrogen-bond donors (Lipinski definition) is 2. The minimum atomic E-state index is -0.859. The molecule has 19 heavy (non-hydrogen) atoms. The van der Waals surface area contributed by atoms with Gasteiger partial charge in [0.1, 0.15) is 17.4 Å². The van der Waals surface area contributed by atoms with Crippen molar-refractivity contribution in [3.05, 3.63) is 29.1 Å². The van der Waals surface area contributed by atoms with Crippen molar-refractivity contribution >= 4 is 5.97 Å². The monoisotopic (exact) mass is 263 g/mol. The van der Waals surface area contributed by atoms with Gasteiger partial charge in [-0.3, -0.25) is 9.69 Å². The fraction of sp³-hybridized carbons (Fsp3) is 0.455. The van der Waals surface area contributed by atoms with E-state index in [1.165, 1.54) is 0 Å². The van der Waals surface area contributed by atoms with Crippen LogP contribution in [0.1, 0.15) is 22.8 Å². The van der Waals surface area contributed by atoms with E-state index in [9.17, 15) is 9.90 Å². The first-order valence-electron chi connectivity index (χ1n) is 5.91. The zero-order valence-corrected chi connectivity index (χ0v) is 10.3. The van der Waals surface area contributed by atoms with Crippen LogP contribution >= 0.6 is 0 Å². The molecule has 1 atom stereocenters. The zero-order chi connectivity index (χ0) is 13.4. The minimum Gasteiger partial charge on any atom is -0.480 e. The summed E-state index contributed by atoms with van der Waals surface area (Å²) in [7, 11) is 0. The Hall–Kier alpha value is -2.22. The lowest BCUT2D eigenvalue weighted by Gasteiger charge is -2.31. The number of H-pyrrole nitrogens is 1. The molecule has 0 aliphatic carbocycles. The Kier molecular flexibility index (Phi) is 2.79. The van der Waals surface area contributed by atoms with Gasteiger partial charge in [-0.1, -0.05) is 10.3 Å². The number of imidazole rings is 1. The molecule has 2 aromatic rings. The second kappa shape index (κ2) is 4.47. The third-order valence-corrected chi connectivity index (χ3v) is 3.38. The Labute approximate surface area is 108 Å². The van der Waals surface area contributed by atoms with Crippen LogP contribution in [-0.2, 0) is 24.3 Å². The minimum absolute atomic E-state index is 0.387. The summed E-state index contributed by atoms with van der Waals surface area (Å²) in [6.07, 6.45) is 1.98. The molecule has 8 heteroatoms. The van der Waals surface area contributed by atoms with Crippen molar-refractivity contribution in [3.8, 4) is 0 Å². The van der Waals surface area contributed by atoms with E-state index in [-0.39, 0.29) is 0 Å². The fourth-order valence-corrected chi connectivity index (χ4v) is 2.28. The molecule has 0 radical (unpaired) electrons. The van der Waals surface area contributed by atoms with Gasteiger partial charge in [-0.2, -0.15) is 0 Å². The number of carbonyl (C=O) groups is 1. The predicted molar refractivity (Wildman–Crippen MR) is 62.0 cm³/mol. The standard InChI is InChI=1S/C11H13N5O3/c1-6-8(15-19-14-6)3-16-4-9-7(12-5-13-9)2-10(16)11(17)18/h5,10H,2-4H2,1H3,(H,12,13)(H,17,18)/t10-/m0/s1. The molecule has 0 bridgehead atoms. The number of rotatable bonds is 3. The van der Waals surface area contributed by atoms with Gasteiger partial charge in [0.25, 0.3) is 0 Å². The Morgan fingerprint density at radius 2 is 2.47 bits per heavy atom. The van der Waals surface area contributed by atoms with Gasteiger partial charge < -0.3 is 10.1 Å². The van der Waals surface area contributed by atoms with Gasteiger partial charge in [-0.15, -0.1) is 0 Å².